The van der Waals surface area contributed by atoms with Gasteiger partial charge in [-0.25, -0.2) is 15.4 Å². The number of anilines is 1. The molecule has 0 unspecified atom stereocenters. The van der Waals surface area contributed by atoms with E-state index in [1.54, 1.807) is 30.2 Å². The second-order valence-electron chi connectivity index (χ2n) is 8.11. The molecule has 2 N–H and O–H groups in total. The Kier molecular flexibility index (Phi) is 8.43. The minimum atomic E-state index is -0.350. The molecule has 0 bridgehead atoms. The summed E-state index contributed by atoms with van der Waals surface area (Å²) in [5.41, 5.74) is 3.83. The molecule has 0 aliphatic heterocycles. The van der Waals surface area contributed by atoms with Crippen LogP contribution in [0.1, 0.15) is 43.5 Å². The van der Waals surface area contributed by atoms with Gasteiger partial charge in [0.1, 0.15) is 5.76 Å². The summed E-state index contributed by atoms with van der Waals surface area (Å²) in [5.74, 6) is 1.63. The van der Waals surface area contributed by atoms with Crippen LogP contribution in [-0.4, -0.2) is 28.9 Å². The number of carbonyl (C=O) groups excluding carboxylic acids is 2. The van der Waals surface area contributed by atoms with Crippen molar-refractivity contribution in [2.75, 3.05) is 12.4 Å². The van der Waals surface area contributed by atoms with E-state index >= 15 is 0 Å². The molecule has 3 aromatic rings. The van der Waals surface area contributed by atoms with Crippen molar-refractivity contribution in [3.8, 4) is 0 Å². The first kappa shape index (κ1) is 24.7. The molecule has 0 saturated heterocycles. The number of nitrogens with zero attached hydrogens (tertiary/aromatic N) is 2. The minimum Gasteiger partial charge on any atom is -0.444 e. The molecule has 2 aromatic heterocycles. The maximum absolute atomic E-state index is 12.4. The van der Waals surface area contributed by atoms with Gasteiger partial charge in [0.2, 0.25) is 11.8 Å². The van der Waals surface area contributed by atoms with Gasteiger partial charge in [-0.3, -0.25) is 14.4 Å². The van der Waals surface area contributed by atoms with Crippen molar-refractivity contribution in [3.63, 3.8) is 0 Å². The molecular weight excluding hydrogens is 460 g/mol. The van der Waals surface area contributed by atoms with E-state index in [9.17, 15) is 9.59 Å². The van der Waals surface area contributed by atoms with Gasteiger partial charge < -0.3 is 9.73 Å². The van der Waals surface area contributed by atoms with E-state index in [1.807, 2.05) is 24.3 Å². The van der Waals surface area contributed by atoms with Gasteiger partial charge >= 0.3 is 0 Å². The number of oxazole rings is 1. The molecule has 1 aromatic carbocycles. The van der Waals surface area contributed by atoms with Gasteiger partial charge in [0.15, 0.2) is 5.13 Å². The normalized spacial score (nSPS) is 11.6. The largest absolute Gasteiger partial charge is 0.444 e. The highest BCUT2D eigenvalue weighted by molar-refractivity contribution is 8.00. The van der Waals surface area contributed by atoms with Gasteiger partial charge in [0.25, 0.3) is 5.91 Å². The van der Waals surface area contributed by atoms with Gasteiger partial charge in [-0.15, -0.1) is 11.8 Å². The van der Waals surface area contributed by atoms with Crippen molar-refractivity contribution in [2.45, 2.75) is 42.6 Å². The molecule has 0 aliphatic carbocycles. The smallest absolute Gasteiger partial charge is 0.267 e. The predicted octanol–water partition coefficient (Wildman–Crippen LogP) is 4.59. The fourth-order valence-corrected chi connectivity index (χ4v) is 4.38. The van der Waals surface area contributed by atoms with E-state index in [0.29, 0.717) is 16.8 Å². The maximum Gasteiger partial charge on any atom is 0.267 e. The topological polar surface area (TPSA) is 106 Å². The lowest BCUT2D eigenvalue weighted by atomic mass is 9.94. The SMILES string of the molecule is CONC(=O)/C=C/c1ccc(CC(=O)Nc2ncc(SCc3ncc(C(C)(C)C)o3)s2)cc1. The highest BCUT2D eigenvalue weighted by Crippen LogP contribution is 2.31. The molecule has 0 atom stereocenters. The van der Waals surface area contributed by atoms with Crippen LogP contribution in [0.3, 0.4) is 0 Å². The van der Waals surface area contributed by atoms with Crippen molar-refractivity contribution in [3.05, 3.63) is 65.5 Å². The molecule has 0 radical (unpaired) electrons. The molecule has 174 valence electrons. The van der Waals surface area contributed by atoms with E-state index in [1.165, 1.54) is 24.5 Å². The molecule has 2 amide bonds. The number of hydroxylamine groups is 1. The van der Waals surface area contributed by atoms with Crippen LogP contribution in [0.2, 0.25) is 0 Å². The summed E-state index contributed by atoms with van der Waals surface area (Å²) < 4.78 is 6.77. The second kappa shape index (κ2) is 11.3. The monoisotopic (exact) mass is 486 g/mol. The summed E-state index contributed by atoms with van der Waals surface area (Å²) >= 11 is 2.98. The van der Waals surface area contributed by atoms with Crippen LogP contribution < -0.4 is 10.8 Å². The fourth-order valence-electron chi connectivity index (χ4n) is 2.64. The molecule has 0 saturated carbocycles. The van der Waals surface area contributed by atoms with Crippen LogP contribution in [0.5, 0.6) is 0 Å². The van der Waals surface area contributed by atoms with Crippen LogP contribution in [0.25, 0.3) is 6.08 Å². The Bertz CT molecular complexity index is 1110. The molecule has 8 nitrogen and oxygen atoms in total. The zero-order valence-corrected chi connectivity index (χ0v) is 20.5. The lowest BCUT2D eigenvalue weighted by molar-refractivity contribution is -0.126. The zero-order valence-electron chi connectivity index (χ0n) is 18.9. The number of thioether (sulfide) groups is 1. The van der Waals surface area contributed by atoms with Crippen molar-refractivity contribution in [1.82, 2.24) is 15.4 Å². The Morgan fingerprint density at radius 3 is 2.61 bits per heavy atom. The number of nitrogens with one attached hydrogen (secondary N) is 2. The summed E-state index contributed by atoms with van der Waals surface area (Å²) in [7, 11) is 1.37. The molecule has 0 fully saturated rings. The molecule has 2 heterocycles. The number of hydrogen-bond donors (Lipinski definition) is 2. The molecule has 10 heteroatoms. The standard InChI is InChI=1S/C23H26N4O4S2/c1-23(2,3)17-12-24-20(31-17)14-32-21-13-25-22(33-21)26-19(29)11-16-7-5-15(6-8-16)9-10-18(28)27-30-4/h5-10,12-13H,11,14H2,1-4H3,(H,27,28)(H,25,26,29)/b10-9+. The van der Waals surface area contributed by atoms with Crippen LogP contribution in [0.4, 0.5) is 5.13 Å². The third-order valence-electron chi connectivity index (χ3n) is 4.34. The third kappa shape index (κ3) is 7.85. The summed E-state index contributed by atoms with van der Waals surface area (Å²) in [6, 6.07) is 7.37. The van der Waals surface area contributed by atoms with Crippen LogP contribution >= 0.6 is 23.1 Å². The van der Waals surface area contributed by atoms with Crippen LogP contribution in [0.15, 0.2) is 51.4 Å². The van der Waals surface area contributed by atoms with Gasteiger partial charge in [-0.05, 0) is 17.2 Å². The third-order valence-corrected chi connectivity index (χ3v) is 6.43. The van der Waals surface area contributed by atoms with E-state index in [0.717, 1.165) is 21.1 Å². The second-order valence-corrected chi connectivity index (χ2v) is 10.4. The Hall–Kier alpha value is -2.95. The lowest BCUT2D eigenvalue weighted by Crippen LogP contribution is -2.18. The summed E-state index contributed by atoms with van der Waals surface area (Å²) in [6.45, 7) is 6.25. The van der Waals surface area contributed by atoms with Crippen molar-refractivity contribution < 1.29 is 18.8 Å². The number of carbonyl (C=O) groups is 2. The first-order valence-corrected chi connectivity index (χ1v) is 12.0. The van der Waals surface area contributed by atoms with E-state index in [4.69, 9.17) is 4.42 Å². The Labute approximate surface area is 200 Å². The Morgan fingerprint density at radius 1 is 1.18 bits per heavy atom. The number of aromatic nitrogens is 2. The number of rotatable bonds is 9. The lowest BCUT2D eigenvalue weighted by Gasteiger charge is -2.12. The van der Waals surface area contributed by atoms with Crippen molar-refractivity contribution >= 4 is 46.1 Å². The highest BCUT2D eigenvalue weighted by atomic mass is 32.2. The highest BCUT2D eigenvalue weighted by Gasteiger charge is 2.19. The van der Waals surface area contributed by atoms with Crippen LogP contribution in [0, 0.1) is 0 Å². The fraction of sp³-hybridized carbons (Fsp3) is 0.304. The Balaban J connectivity index is 1.47. The number of benzene rings is 1. The number of amides is 2. The van der Waals surface area contributed by atoms with E-state index < -0.39 is 0 Å². The average molecular weight is 487 g/mol. The molecule has 0 spiro atoms. The molecule has 33 heavy (non-hydrogen) atoms. The van der Waals surface area contributed by atoms with Gasteiger partial charge in [-0.1, -0.05) is 56.4 Å². The van der Waals surface area contributed by atoms with E-state index in [-0.39, 0.29) is 23.7 Å². The van der Waals surface area contributed by atoms with Gasteiger partial charge in [-0.2, -0.15) is 0 Å². The maximum atomic E-state index is 12.4. The van der Waals surface area contributed by atoms with Crippen molar-refractivity contribution in [1.29, 1.82) is 0 Å². The quantitative estimate of drug-likeness (QED) is 0.259. The van der Waals surface area contributed by atoms with Crippen LogP contribution in [-0.2, 0) is 32.0 Å². The number of hydrogen-bond acceptors (Lipinski definition) is 8. The predicted molar refractivity (Wildman–Crippen MR) is 130 cm³/mol. The molecule has 0 aliphatic rings. The zero-order chi connectivity index (χ0) is 23.8. The summed E-state index contributed by atoms with van der Waals surface area (Å²) in [5, 5.41) is 3.39. The summed E-state index contributed by atoms with van der Waals surface area (Å²) in [4.78, 5) is 36.9. The number of thiazole rings is 1. The van der Waals surface area contributed by atoms with Crippen molar-refractivity contribution in [2.24, 2.45) is 0 Å². The molecular formula is C23H26N4O4S2. The summed E-state index contributed by atoms with van der Waals surface area (Å²) in [6.07, 6.45) is 6.76. The van der Waals surface area contributed by atoms with E-state index in [2.05, 4.69) is 46.4 Å². The average Bonchev–Trinajstić information content (AvgIpc) is 3.41. The molecule has 3 rings (SSSR count). The van der Waals surface area contributed by atoms with Gasteiger partial charge in [0.05, 0.1) is 35.9 Å². The van der Waals surface area contributed by atoms with Gasteiger partial charge in [0, 0.05) is 11.5 Å². The first-order chi connectivity index (χ1) is 15.7. The Morgan fingerprint density at radius 2 is 1.94 bits per heavy atom. The first-order valence-electron chi connectivity index (χ1n) is 10.2. The minimum absolute atomic E-state index is 0.0739.